The Morgan fingerprint density at radius 2 is 2.20 bits per heavy atom. The molecule has 0 atom stereocenters. The number of nitrogens with one attached hydrogen (secondary N) is 1. The number of allylic oxidation sites excluding steroid dienone is 5. The van der Waals surface area contributed by atoms with Crippen molar-refractivity contribution in [1.29, 1.82) is 0 Å². The minimum atomic E-state index is 0.945. The van der Waals surface area contributed by atoms with E-state index in [1.54, 1.807) is 0 Å². The van der Waals surface area contributed by atoms with Gasteiger partial charge in [-0.1, -0.05) is 19.1 Å². The van der Waals surface area contributed by atoms with Crippen LogP contribution in [0.15, 0.2) is 36.2 Å². The van der Waals surface area contributed by atoms with Gasteiger partial charge in [0, 0.05) is 11.9 Å². The lowest BCUT2D eigenvalue weighted by Gasteiger charge is -2.01. The normalized spacial score (nSPS) is 15.9. The molecule has 0 unspecified atom stereocenters. The van der Waals surface area contributed by atoms with Gasteiger partial charge in [0.05, 0.1) is 0 Å². The molecule has 0 aromatic carbocycles. The van der Waals surface area contributed by atoms with Crippen LogP contribution in [-0.4, -0.2) is 0 Å². The summed E-state index contributed by atoms with van der Waals surface area (Å²) in [4.78, 5) is 0. The van der Waals surface area contributed by atoms with Crippen LogP contribution in [-0.2, 0) is 0 Å². The van der Waals surface area contributed by atoms with E-state index >= 15 is 0 Å². The Labute approximate surface area is 62.1 Å². The summed E-state index contributed by atoms with van der Waals surface area (Å²) in [7, 11) is 0. The van der Waals surface area contributed by atoms with E-state index < -0.39 is 0 Å². The van der Waals surface area contributed by atoms with Gasteiger partial charge in [0.1, 0.15) is 0 Å². The average Bonchev–Trinajstić information content (AvgIpc) is 2.17. The molecule has 0 aromatic heterocycles. The highest BCUT2D eigenvalue weighted by Crippen LogP contribution is 2.02. The smallest absolute Gasteiger partial charge is 0.0146 e. The summed E-state index contributed by atoms with van der Waals surface area (Å²) in [5.41, 5.74) is 1.24. The van der Waals surface area contributed by atoms with Crippen molar-refractivity contribution in [3.63, 3.8) is 0 Å². The molecule has 0 saturated heterocycles. The summed E-state index contributed by atoms with van der Waals surface area (Å²) in [6, 6.07) is 0. The summed E-state index contributed by atoms with van der Waals surface area (Å²) in [6.45, 7) is 3.78. The molecular weight excluding hydrogens is 122 g/mol. The Kier molecular flexibility index (Phi) is 2.81. The van der Waals surface area contributed by atoms with E-state index in [-0.39, 0.29) is 0 Å². The molecule has 1 heterocycles. The van der Waals surface area contributed by atoms with E-state index in [0.29, 0.717) is 0 Å². The molecule has 0 saturated carbocycles. The van der Waals surface area contributed by atoms with Crippen molar-refractivity contribution in [3.8, 4) is 0 Å². The first-order valence-corrected chi connectivity index (χ1v) is 3.51. The standard InChI is InChI=1S/C9H12N/c1-2-6-9-7-4-3-5-8-10-9/h3-5,7-8,10H,1-2,6H2. The highest BCUT2D eigenvalue weighted by Gasteiger charge is 1.90. The summed E-state index contributed by atoms with van der Waals surface area (Å²) >= 11 is 0. The third-order valence-corrected chi connectivity index (χ3v) is 1.33. The predicted molar refractivity (Wildman–Crippen MR) is 44.1 cm³/mol. The minimum absolute atomic E-state index is 0.945. The molecule has 1 heteroatoms. The highest BCUT2D eigenvalue weighted by atomic mass is 14.8. The second-order valence-corrected chi connectivity index (χ2v) is 2.18. The van der Waals surface area contributed by atoms with Crippen molar-refractivity contribution in [2.45, 2.75) is 12.8 Å². The van der Waals surface area contributed by atoms with E-state index in [4.69, 9.17) is 0 Å². The largest absolute Gasteiger partial charge is 0.365 e. The summed E-state index contributed by atoms with van der Waals surface area (Å²) < 4.78 is 0. The van der Waals surface area contributed by atoms with Crippen LogP contribution in [0.3, 0.4) is 0 Å². The zero-order valence-corrected chi connectivity index (χ0v) is 6.01. The molecule has 1 N–H and O–H groups in total. The fraction of sp³-hybridized carbons (Fsp3) is 0.222. The Morgan fingerprint density at radius 3 is 3.00 bits per heavy atom. The Hall–Kier alpha value is -0.980. The maximum atomic E-state index is 3.78. The lowest BCUT2D eigenvalue weighted by molar-refractivity contribution is 0.883. The molecule has 0 fully saturated rings. The Morgan fingerprint density at radius 1 is 1.30 bits per heavy atom. The van der Waals surface area contributed by atoms with E-state index in [1.165, 1.54) is 5.70 Å². The van der Waals surface area contributed by atoms with Crippen LogP contribution in [0.25, 0.3) is 0 Å². The molecule has 1 aliphatic rings. The summed E-state index contributed by atoms with van der Waals surface area (Å²) in [5, 5.41) is 3.16. The second kappa shape index (κ2) is 3.94. The van der Waals surface area contributed by atoms with Crippen LogP contribution in [0.4, 0.5) is 0 Å². The Bertz CT molecular complexity index is 175. The summed E-state index contributed by atoms with van der Waals surface area (Å²) in [6.07, 6.45) is 12.0. The molecule has 10 heavy (non-hydrogen) atoms. The highest BCUT2D eigenvalue weighted by molar-refractivity contribution is 5.20. The first-order valence-electron chi connectivity index (χ1n) is 3.51. The molecule has 1 radical (unpaired) electrons. The topological polar surface area (TPSA) is 12.0 Å². The molecule has 0 bridgehead atoms. The van der Waals surface area contributed by atoms with Crippen molar-refractivity contribution in [2.24, 2.45) is 0 Å². The van der Waals surface area contributed by atoms with Crippen LogP contribution in [0.1, 0.15) is 12.8 Å². The Balaban J connectivity index is 2.50. The molecule has 1 rings (SSSR count). The first-order chi connectivity index (χ1) is 4.93. The predicted octanol–water partition coefficient (Wildman–Crippen LogP) is 2.16. The molecule has 1 aliphatic heterocycles. The zero-order valence-electron chi connectivity index (χ0n) is 6.01. The van der Waals surface area contributed by atoms with Crippen molar-refractivity contribution in [1.82, 2.24) is 5.32 Å². The van der Waals surface area contributed by atoms with E-state index in [9.17, 15) is 0 Å². The zero-order chi connectivity index (χ0) is 7.23. The number of rotatable bonds is 2. The molecule has 0 spiro atoms. The average molecular weight is 134 g/mol. The quantitative estimate of drug-likeness (QED) is 0.610. The third-order valence-electron chi connectivity index (χ3n) is 1.33. The van der Waals surface area contributed by atoms with Gasteiger partial charge in [0.15, 0.2) is 0 Å². The minimum Gasteiger partial charge on any atom is -0.365 e. The van der Waals surface area contributed by atoms with Gasteiger partial charge in [-0.05, 0) is 25.0 Å². The van der Waals surface area contributed by atoms with Crippen molar-refractivity contribution >= 4 is 0 Å². The van der Waals surface area contributed by atoms with Crippen LogP contribution < -0.4 is 5.32 Å². The second-order valence-electron chi connectivity index (χ2n) is 2.18. The lowest BCUT2D eigenvalue weighted by Crippen LogP contribution is -2.02. The molecule has 0 aliphatic carbocycles. The van der Waals surface area contributed by atoms with E-state index in [1.807, 2.05) is 24.4 Å². The van der Waals surface area contributed by atoms with Crippen molar-refractivity contribution < 1.29 is 0 Å². The van der Waals surface area contributed by atoms with Crippen molar-refractivity contribution in [2.75, 3.05) is 0 Å². The molecule has 0 aromatic rings. The van der Waals surface area contributed by atoms with Crippen molar-refractivity contribution in [3.05, 3.63) is 43.1 Å². The van der Waals surface area contributed by atoms with Crippen LogP contribution >= 0.6 is 0 Å². The molecular formula is C9H12N. The van der Waals surface area contributed by atoms with Gasteiger partial charge in [-0.3, -0.25) is 0 Å². The van der Waals surface area contributed by atoms with Crippen LogP contribution in [0.2, 0.25) is 0 Å². The third kappa shape index (κ3) is 2.09. The fourth-order valence-corrected chi connectivity index (χ4v) is 0.841. The monoisotopic (exact) mass is 134 g/mol. The van der Waals surface area contributed by atoms with Gasteiger partial charge in [0.25, 0.3) is 0 Å². The lowest BCUT2D eigenvalue weighted by atomic mass is 10.2. The molecule has 53 valence electrons. The fourth-order valence-electron chi connectivity index (χ4n) is 0.841. The van der Waals surface area contributed by atoms with Gasteiger partial charge < -0.3 is 5.32 Å². The SMILES string of the molecule is [CH2]CCC1=CC=CC=CN1. The summed E-state index contributed by atoms with van der Waals surface area (Å²) in [5.74, 6) is 0. The van der Waals surface area contributed by atoms with E-state index in [2.05, 4.69) is 18.3 Å². The number of hydrogen-bond donors (Lipinski definition) is 1. The molecule has 0 amide bonds. The maximum Gasteiger partial charge on any atom is 0.0146 e. The van der Waals surface area contributed by atoms with Gasteiger partial charge in [0.2, 0.25) is 0 Å². The van der Waals surface area contributed by atoms with Gasteiger partial charge >= 0.3 is 0 Å². The molecule has 1 nitrogen and oxygen atoms in total. The van der Waals surface area contributed by atoms with Gasteiger partial charge in [-0.15, -0.1) is 0 Å². The van der Waals surface area contributed by atoms with Crippen LogP contribution in [0, 0.1) is 6.92 Å². The van der Waals surface area contributed by atoms with Gasteiger partial charge in [-0.25, -0.2) is 0 Å². The first kappa shape index (κ1) is 7.13. The van der Waals surface area contributed by atoms with E-state index in [0.717, 1.165) is 12.8 Å². The van der Waals surface area contributed by atoms with Crippen LogP contribution in [0.5, 0.6) is 0 Å². The van der Waals surface area contributed by atoms with Gasteiger partial charge in [-0.2, -0.15) is 0 Å². The maximum absolute atomic E-state index is 3.78. The number of hydrogen-bond acceptors (Lipinski definition) is 1.